The van der Waals surface area contributed by atoms with Crippen LogP contribution in [-0.2, 0) is 4.79 Å². The van der Waals surface area contributed by atoms with Crippen LogP contribution >= 0.6 is 0 Å². The first-order valence-electron chi connectivity index (χ1n) is 7.09. The zero-order valence-corrected chi connectivity index (χ0v) is 12.0. The molecule has 1 heterocycles. The van der Waals surface area contributed by atoms with Crippen molar-refractivity contribution in [3.63, 3.8) is 0 Å². The molecule has 0 aromatic rings. The molecule has 0 spiro atoms. The van der Waals surface area contributed by atoms with E-state index in [0.717, 1.165) is 25.9 Å². The molecule has 2 aliphatic rings. The van der Waals surface area contributed by atoms with Gasteiger partial charge in [-0.3, -0.25) is 4.79 Å². The number of rotatable bonds is 4. The fraction of sp³-hybridized carbons (Fsp3) is 0.929. The van der Waals surface area contributed by atoms with Crippen LogP contribution in [0.2, 0.25) is 0 Å². The number of nitrogens with one attached hydrogen (secondary N) is 1. The molecule has 1 amide bonds. The lowest BCUT2D eigenvalue weighted by molar-refractivity contribution is -0.123. The van der Waals surface area contributed by atoms with Crippen molar-refractivity contribution in [3.8, 4) is 0 Å². The van der Waals surface area contributed by atoms with Gasteiger partial charge in [0.1, 0.15) is 0 Å². The molecular weight excluding hydrogens is 226 g/mol. The van der Waals surface area contributed by atoms with E-state index in [-0.39, 0.29) is 11.3 Å². The molecule has 2 fully saturated rings. The molecule has 1 atom stereocenters. The van der Waals surface area contributed by atoms with Gasteiger partial charge in [0.25, 0.3) is 0 Å². The second-order valence-corrected chi connectivity index (χ2v) is 6.93. The Morgan fingerprint density at radius 1 is 1.50 bits per heavy atom. The SMILES string of the molecule is CN1CCCC(C(C)(C)CNC(=O)C2(N)CC2)C1. The van der Waals surface area contributed by atoms with Gasteiger partial charge in [0.2, 0.25) is 5.91 Å². The van der Waals surface area contributed by atoms with Crippen LogP contribution in [0.25, 0.3) is 0 Å². The van der Waals surface area contributed by atoms with Gasteiger partial charge in [-0.25, -0.2) is 0 Å². The highest BCUT2D eigenvalue weighted by molar-refractivity contribution is 5.88. The largest absolute Gasteiger partial charge is 0.354 e. The molecule has 104 valence electrons. The summed E-state index contributed by atoms with van der Waals surface area (Å²) in [6.45, 7) is 7.59. The zero-order chi connectivity index (χ0) is 13.4. The molecule has 1 saturated carbocycles. The highest BCUT2D eigenvalue weighted by Gasteiger charge is 2.46. The van der Waals surface area contributed by atoms with Crippen molar-refractivity contribution in [2.75, 3.05) is 26.7 Å². The Morgan fingerprint density at radius 3 is 2.72 bits per heavy atom. The van der Waals surface area contributed by atoms with Crippen molar-refractivity contribution < 1.29 is 4.79 Å². The first-order chi connectivity index (χ1) is 8.33. The molecule has 0 radical (unpaired) electrons. The Kier molecular flexibility index (Phi) is 3.70. The summed E-state index contributed by atoms with van der Waals surface area (Å²) in [4.78, 5) is 14.3. The molecule has 4 nitrogen and oxygen atoms in total. The van der Waals surface area contributed by atoms with E-state index in [1.54, 1.807) is 0 Å². The van der Waals surface area contributed by atoms with Crippen LogP contribution in [0.1, 0.15) is 39.5 Å². The highest BCUT2D eigenvalue weighted by atomic mass is 16.2. The summed E-state index contributed by atoms with van der Waals surface area (Å²) < 4.78 is 0. The number of hydrogen-bond acceptors (Lipinski definition) is 3. The maximum Gasteiger partial charge on any atom is 0.240 e. The number of nitrogens with zero attached hydrogens (tertiary/aromatic N) is 1. The van der Waals surface area contributed by atoms with Gasteiger partial charge in [-0.15, -0.1) is 0 Å². The maximum absolute atomic E-state index is 11.9. The van der Waals surface area contributed by atoms with Gasteiger partial charge in [0.05, 0.1) is 5.54 Å². The Morgan fingerprint density at radius 2 is 2.17 bits per heavy atom. The molecule has 1 aliphatic heterocycles. The van der Waals surface area contributed by atoms with Crippen LogP contribution in [0.3, 0.4) is 0 Å². The average molecular weight is 253 g/mol. The van der Waals surface area contributed by atoms with E-state index in [1.165, 1.54) is 19.4 Å². The highest BCUT2D eigenvalue weighted by Crippen LogP contribution is 2.35. The van der Waals surface area contributed by atoms with E-state index >= 15 is 0 Å². The lowest BCUT2D eigenvalue weighted by Crippen LogP contribution is -2.49. The van der Waals surface area contributed by atoms with Crippen molar-refractivity contribution in [2.24, 2.45) is 17.1 Å². The summed E-state index contributed by atoms with van der Waals surface area (Å²) in [5.41, 5.74) is 5.51. The quantitative estimate of drug-likeness (QED) is 0.784. The molecule has 18 heavy (non-hydrogen) atoms. The van der Waals surface area contributed by atoms with Crippen LogP contribution in [0.15, 0.2) is 0 Å². The number of hydrogen-bond donors (Lipinski definition) is 2. The molecule has 0 aromatic carbocycles. The molecule has 1 saturated heterocycles. The number of piperidine rings is 1. The fourth-order valence-corrected chi connectivity index (χ4v) is 2.79. The third-order valence-electron chi connectivity index (χ3n) is 4.68. The van der Waals surface area contributed by atoms with Crippen molar-refractivity contribution in [2.45, 2.75) is 45.1 Å². The van der Waals surface area contributed by atoms with Gasteiger partial charge in [-0.05, 0) is 50.6 Å². The third-order valence-corrected chi connectivity index (χ3v) is 4.68. The standard InChI is InChI=1S/C14H27N3O/c1-13(2,11-5-4-8-17(3)9-11)10-16-12(18)14(15)6-7-14/h11H,4-10,15H2,1-3H3,(H,16,18). The maximum atomic E-state index is 11.9. The van der Waals surface area contributed by atoms with Crippen LogP contribution < -0.4 is 11.1 Å². The van der Waals surface area contributed by atoms with Gasteiger partial charge in [0, 0.05) is 13.1 Å². The summed E-state index contributed by atoms with van der Waals surface area (Å²) in [6, 6.07) is 0. The topological polar surface area (TPSA) is 58.4 Å². The monoisotopic (exact) mass is 253 g/mol. The molecule has 1 aliphatic carbocycles. The van der Waals surface area contributed by atoms with Crippen molar-refractivity contribution in [1.82, 2.24) is 10.2 Å². The van der Waals surface area contributed by atoms with Crippen molar-refractivity contribution in [3.05, 3.63) is 0 Å². The predicted molar refractivity (Wildman–Crippen MR) is 73.2 cm³/mol. The Hall–Kier alpha value is -0.610. The first kappa shape index (κ1) is 13.8. The minimum atomic E-state index is -0.542. The number of carbonyl (C=O) groups is 1. The van der Waals surface area contributed by atoms with E-state index in [4.69, 9.17) is 5.73 Å². The molecule has 3 N–H and O–H groups in total. The summed E-state index contributed by atoms with van der Waals surface area (Å²) in [5, 5.41) is 3.06. The minimum absolute atomic E-state index is 0.0414. The summed E-state index contributed by atoms with van der Waals surface area (Å²) >= 11 is 0. The average Bonchev–Trinajstić information content (AvgIpc) is 3.06. The lowest BCUT2D eigenvalue weighted by atomic mass is 9.74. The Balaban J connectivity index is 1.84. The van der Waals surface area contributed by atoms with E-state index < -0.39 is 5.54 Å². The van der Waals surface area contributed by atoms with Gasteiger partial charge >= 0.3 is 0 Å². The number of amides is 1. The van der Waals surface area contributed by atoms with Crippen molar-refractivity contribution >= 4 is 5.91 Å². The van der Waals surface area contributed by atoms with Crippen LogP contribution in [0, 0.1) is 11.3 Å². The van der Waals surface area contributed by atoms with E-state index in [0.29, 0.717) is 5.92 Å². The predicted octanol–water partition coefficient (Wildman–Crippen LogP) is 0.962. The van der Waals surface area contributed by atoms with E-state index in [2.05, 4.69) is 31.1 Å². The molecule has 0 bridgehead atoms. The van der Waals surface area contributed by atoms with E-state index in [1.807, 2.05) is 0 Å². The number of carbonyl (C=O) groups excluding carboxylic acids is 1. The molecule has 0 aromatic heterocycles. The van der Waals surface area contributed by atoms with Gasteiger partial charge < -0.3 is 16.0 Å². The zero-order valence-electron chi connectivity index (χ0n) is 12.0. The Labute approximate surface area is 110 Å². The van der Waals surface area contributed by atoms with E-state index in [9.17, 15) is 4.79 Å². The van der Waals surface area contributed by atoms with Gasteiger partial charge in [0.15, 0.2) is 0 Å². The van der Waals surface area contributed by atoms with Gasteiger partial charge in [-0.2, -0.15) is 0 Å². The van der Waals surface area contributed by atoms with Crippen LogP contribution in [-0.4, -0.2) is 43.0 Å². The van der Waals surface area contributed by atoms with Crippen molar-refractivity contribution in [1.29, 1.82) is 0 Å². The summed E-state index contributed by atoms with van der Waals surface area (Å²) in [7, 11) is 2.18. The molecule has 1 unspecified atom stereocenters. The number of likely N-dealkylation sites (tertiary alicyclic amines) is 1. The van der Waals surface area contributed by atoms with Gasteiger partial charge in [-0.1, -0.05) is 13.8 Å². The van der Waals surface area contributed by atoms with Crippen LogP contribution in [0.4, 0.5) is 0 Å². The normalized spacial score (nSPS) is 27.9. The lowest BCUT2D eigenvalue weighted by Gasteiger charge is -2.40. The molecule has 2 rings (SSSR count). The number of nitrogens with two attached hydrogens (primary N) is 1. The smallest absolute Gasteiger partial charge is 0.240 e. The second-order valence-electron chi connectivity index (χ2n) is 6.93. The minimum Gasteiger partial charge on any atom is -0.354 e. The summed E-state index contributed by atoms with van der Waals surface area (Å²) in [5.74, 6) is 0.698. The Bertz CT molecular complexity index is 323. The fourth-order valence-electron chi connectivity index (χ4n) is 2.79. The third kappa shape index (κ3) is 3.04. The molecule has 4 heteroatoms. The molecular formula is C14H27N3O. The second kappa shape index (κ2) is 4.82. The van der Waals surface area contributed by atoms with Crippen LogP contribution in [0.5, 0.6) is 0 Å². The summed E-state index contributed by atoms with van der Waals surface area (Å²) in [6.07, 6.45) is 4.21. The first-order valence-corrected chi connectivity index (χ1v) is 7.09.